The highest BCUT2D eigenvalue weighted by Crippen LogP contribution is 2.25. The highest BCUT2D eigenvalue weighted by molar-refractivity contribution is 5.80. The molecule has 1 heterocycles. The highest BCUT2D eigenvalue weighted by atomic mass is 16.6. The van der Waals surface area contributed by atoms with Crippen LogP contribution >= 0.6 is 0 Å². The Morgan fingerprint density at radius 2 is 0.597 bits per heavy atom. The summed E-state index contributed by atoms with van der Waals surface area (Å²) in [5.41, 5.74) is -1.12. The number of ether oxygens (including phenoxy) is 2. The molecule has 1 aliphatic rings. The summed E-state index contributed by atoms with van der Waals surface area (Å²) in [6, 6.07) is 0. The fraction of sp³-hybridized carbons (Fsp3) is 0.939. The van der Waals surface area contributed by atoms with Crippen LogP contribution in [0.3, 0.4) is 0 Å². The largest absolute Gasteiger partial charge is 0.465 e. The van der Waals surface area contributed by atoms with Crippen LogP contribution in [0.5, 0.6) is 0 Å². The molecule has 0 saturated carbocycles. The summed E-state index contributed by atoms with van der Waals surface area (Å²) in [4.78, 5) is 24.7. The van der Waals surface area contributed by atoms with Crippen LogP contribution in [0.25, 0.3) is 0 Å². The molecule has 0 aromatic heterocycles. The first-order valence-corrected chi connectivity index (χ1v) is 32.8. The van der Waals surface area contributed by atoms with Crippen molar-refractivity contribution in [2.24, 2.45) is 11.3 Å². The van der Waals surface area contributed by atoms with Gasteiger partial charge in [-0.25, -0.2) is 0 Å². The van der Waals surface area contributed by atoms with Crippen molar-refractivity contribution in [2.75, 3.05) is 26.4 Å². The van der Waals surface area contributed by atoms with Gasteiger partial charge in [0.25, 0.3) is 0 Å². The van der Waals surface area contributed by atoms with E-state index >= 15 is 0 Å². The van der Waals surface area contributed by atoms with Crippen molar-refractivity contribution in [3.63, 3.8) is 0 Å². The molecule has 6 heteroatoms. The van der Waals surface area contributed by atoms with Crippen LogP contribution in [-0.2, 0) is 19.1 Å². The second-order valence-corrected chi connectivity index (χ2v) is 23.5. The number of aliphatic hydroxyl groups excluding tert-OH is 2. The fourth-order valence-corrected chi connectivity index (χ4v) is 10.9. The van der Waals surface area contributed by atoms with Crippen LogP contribution in [0.15, 0.2) is 12.2 Å². The maximum atomic E-state index is 12.5. The van der Waals surface area contributed by atoms with Gasteiger partial charge >= 0.3 is 11.9 Å². The van der Waals surface area contributed by atoms with Crippen molar-refractivity contribution < 1.29 is 29.3 Å². The zero-order valence-electron chi connectivity index (χ0n) is 48.5. The molecular formula is C66H126O6. The second-order valence-electron chi connectivity index (χ2n) is 23.5. The average molecular weight is 1020 g/mol. The number of rotatable bonds is 57. The Morgan fingerprint density at radius 1 is 0.361 bits per heavy atom. The van der Waals surface area contributed by atoms with E-state index in [0.29, 0.717) is 6.42 Å². The van der Waals surface area contributed by atoms with Crippen molar-refractivity contribution in [3.05, 3.63) is 12.2 Å². The molecule has 0 aromatic rings. The highest BCUT2D eigenvalue weighted by Gasteiger charge is 2.36. The van der Waals surface area contributed by atoms with E-state index < -0.39 is 36.5 Å². The number of hydrogen-bond acceptors (Lipinski definition) is 6. The summed E-state index contributed by atoms with van der Waals surface area (Å²) < 4.78 is 10.6. The Morgan fingerprint density at radius 3 is 0.861 bits per heavy atom. The Hall–Kier alpha value is -1.40. The lowest BCUT2D eigenvalue weighted by molar-refractivity contribution is -0.155. The third-order valence-corrected chi connectivity index (χ3v) is 16.3. The minimum atomic E-state index is -1.12. The second kappa shape index (κ2) is 55.8. The van der Waals surface area contributed by atoms with Crippen LogP contribution in [0, 0.1) is 11.3 Å². The fourth-order valence-electron chi connectivity index (χ4n) is 10.9. The number of carbonyl (C=O) groups excluding carboxylic acids is 2. The maximum absolute atomic E-state index is 12.5. The van der Waals surface area contributed by atoms with Gasteiger partial charge in [0.05, 0.1) is 31.0 Å². The zero-order valence-corrected chi connectivity index (χ0v) is 48.5. The van der Waals surface area contributed by atoms with E-state index in [1.165, 1.54) is 321 Å². The van der Waals surface area contributed by atoms with Gasteiger partial charge in [0.1, 0.15) is 13.2 Å². The van der Waals surface area contributed by atoms with Gasteiger partial charge in [-0.05, 0) is 32.1 Å². The van der Waals surface area contributed by atoms with Gasteiger partial charge in [0, 0.05) is 0 Å². The van der Waals surface area contributed by atoms with Gasteiger partial charge in [-0.2, -0.15) is 0 Å². The normalized spacial score (nSPS) is 15.2. The SMILES string of the molecule is CCCCCCCCCCCCCCCCC/C=C/CCCCCCCCCCCCCCCCCCCCCCCCCCCCCCCCCCCCCCC1CC(=O)OCC(CO)(CO)COC1=O. The molecule has 2 N–H and O–H groups in total. The first-order chi connectivity index (χ1) is 35.6. The lowest BCUT2D eigenvalue weighted by atomic mass is 9.92. The molecule has 72 heavy (non-hydrogen) atoms. The van der Waals surface area contributed by atoms with Gasteiger partial charge in [-0.15, -0.1) is 0 Å². The van der Waals surface area contributed by atoms with E-state index in [4.69, 9.17) is 9.47 Å². The quantitative estimate of drug-likeness (QED) is 0.0358. The molecule has 1 rings (SSSR count). The summed E-state index contributed by atoms with van der Waals surface area (Å²) in [5.74, 6) is -1.40. The zero-order chi connectivity index (χ0) is 51.8. The summed E-state index contributed by atoms with van der Waals surface area (Å²) >= 11 is 0. The smallest absolute Gasteiger partial charge is 0.309 e. The third kappa shape index (κ3) is 47.1. The van der Waals surface area contributed by atoms with Crippen molar-refractivity contribution in [2.45, 2.75) is 360 Å². The standard InChI is InChI=1S/C66H126O6/c1-2-3-4-5-6-7-8-9-10-11-12-13-14-15-16-17-18-19-20-21-22-23-24-25-26-27-28-29-30-31-32-33-34-35-36-37-38-39-40-41-42-43-44-45-46-47-48-49-50-51-52-53-54-55-56-57-63-58-64(69)71-61-66(59-67,60-68)62-72-65(63)70/h18-19,63,67-68H,2-17,20-62H2,1H3/b19-18+. The van der Waals surface area contributed by atoms with Gasteiger partial charge in [-0.3, -0.25) is 9.59 Å². The molecule has 1 saturated heterocycles. The van der Waals surface area contributed by atoms with Crippen molar-refractivity contribution >= 4 is 11.9 Å². The number of aliphatic hydroxyl groups is 2. The summed E-state index contributed by atoms with van der Waals surface area (Å²) in [6.45, 7) is 1.21. The predicted molar refractivity (Wildman–Crippen MR) is 311 cm³/mol. The van der Waals surface area contributed by atoms with Crippen LogP contribution in [0.1, 0.15) is 360 Å². The van der Waals surface area contributed by atoms with E-state index in [2.05, 4.69) is 19.1 Å². The van der Waals surface area contributed by atoms with Crippen molar-refractivity contribution in [1.82, 2.24) is 0 Å². The lowest BCUT2D eigenvalue weighted by Gasteiger charge is -2.27. The van der Waals surface area contributed by atoms with Crippen LogP contribution in [0.4, 0.5) is 0 Å². The van der Waals surface area contributed by atoms with E-state index in [-0.39, 0.29) is 19.6 Å². The number of hydrogen-bond donors (Lipinski definition) is 2. The van der Waals surface area contributed by atoms with E-state index in [0.717, 1.165) is 19.3 Å². The topological polar surface area (TPSA) is 93.1 Å². The van der Waals surface area contributed by atoms with Crippen LogP contribution in [0.2, 0.25) is 0 Å². The van der Waals surface area contributed by atoms with Crippen molar-refractivity contribution in [3.8, 4) is 0 Å². The molecule has 0 aromatic carbocycles. The maximum Gasteiger partial charge on any atom is 0.309 e. The lowest BCUT2D eigenvalue weighted by Crippen LogP contribution is -2.40. The molecule has 0 radical (unpaired) electrons. The predicted octanol–water partition coefficient (Wildman–Crippen LogP) is 20.7. The molecule has 0 bridgehead atoms. The Labute approximate surface area is 449 Å². The Kier molecular flexibility index (Phi) is 53.2. The molecule has 0 aliphatic carbocycles. The number of allylic oxidation sites excluding steroid dienone is 2. The molecule has 0 amide bonds. The van der Waals surface area contributed by atoms with Gasteiger partial charge < -0.3 is 19.7 Å². The monoisotopic (exact) mass is 1010 g/mol. The van der Waals surface area contributed by atoms with E-state index in [9.17, 15) is 19.8 Å². The molecule has 1 fully saturated rings. The summed E-state index contributed by atoms with van der Waals surface area (Å²) in [7, 11) is 0. The van der Waals surface area contributed by atoms with E-state index in [1.807, 2.05) is 0 Å². The summed E-state index contributed by atoms with van der Waals surface area (Å²) in [6.07, 6.45) is 80.1. The number of cyclic esters (lactones) is 2. The molecule has 1 aliphatic heterocycles. The number of esters is 2. The van der Waals surface area contributed by atoms with Gasteiger partial charge in [0.15, 0.2) is 0 Å². The van der Waals surface area contributed by atoms with Crippen molar-refractivity contribution in [1.29, 1.82) is 0 Å². The van der Waals surface area contributed by atoms with E-state index in [1.54, 1.807) is 0 Å². The molecule has 426 valence electrons. The first kappa shape index (κ1) is 68.6. The molecule has 1 unspecified atom stereocenters. The third-order valence-electron chi connectivity index (χ3n) is 16.3. The van der Waals surface area contributed by atoms with Crippen LogP contribution < -0.4 is 0 Å². The molecule has 1 atom stereocenters. The van der Waals surface area contributed by atoms with Gasteiger partial charge in [0.2, 0.25) is 0 Å². The Balaban J connectivity index is 1.67. The Bertz CT molecular complexity index is 1130. The average Bonchev–Trinajstić information content (AvgIpc) is 3.45. The first-order valence-electron chi connectivity index (χ1n) is 32.8. The number of carbonyl (C=O) groups is 2. The molecule has 0 spiro atoms. The number of unbranched alkanes of at least 4 members (excludes halogenated alkanes) is 51. The minimum absolute atomic E-state index is 0.00500. The van der Waals surface area contributed by atoms with Gasteiger partial charge in [-0.1, -0.05) is 334 Å². The molecule has 6 nitrogen and oxygen atoms in total. The minimum Gasteiger partial charge on any atom is -0.465 e. The van der Waals surface area contributed by atoms with Crippen LogP contribution in [-0.4, -0.2) is 48.6 Å². The molecular weight excluding hydrogens is 889 g/mol. The summed E-state index contributed by atoms with van der Waals surface area (Å²) in [5, 5.41) is 19.2.